The second-order valence-electron chi connectivity index (χ2n) is 8.70. The number of unbranched alkanes of at least 4 members (excludes halogenated alkanes) is 1. The van der Waals surface area contributed by atoms with Crippen molar-refractivity contribution in [3.05, 3.63) is 99.4 Å². The highest BCUT2D eigenvalue weighted by molar-refractivity contribution is 6.10. The Kier molecular flexibility index (Phi) is 6.03. The summed E-state index contributed by atoms with van der Waals surface area (Å²) in [7, 11) is 1.58. The third-order valence-electron chi connectivity index (χ3n) is 6.32. The van der Waals surface area contributed by atoms with E-state index in [1.807, 2.05) is 49.4 Å². The lowest BCUT2D eigenvalue weighted by Gasteiger charge is -2.26. The Bertz CT molecular complexity index is 1470. The fraction of sp³-hybridized carbons (Fsp3) is 0.241. The standard InChI is InChI=1S/C29H27NO5/c1-4-5-15-34-23-14-13-19(17-24(23)33-3)26-25-27(31)21-11-6-7-12-22(21)35-28(25)29(32)30(26)20-10-8-9-18(2)16-20/h6-14,16-17,26H,4-5,15H2,1-3H3. The molecule has 0 radical (unpaired) electrons. The Balaban J connectivity index is 1.71. The van der Waals surface area contributed by atoms with Gasteiger partial charge in [-0.15, -0.1) is 0 Å². The van der Waals surface area contributed by atoms with Gasteiger partial charge < -0.3 is 13.9 Å². The molecule has 0 spiro atoms. The second kappa shape index (κ2) is 9.29. The molecule has 6 nitrogen and oxygen atoms in total. The highest BCUT2D eigenvalue weighted by Crippen LogP contribution is 2.43. The van der Waals surface area contributed by atoms with E-state index in [-0.39, 0.29) is 17.1 Å². The first-order valence-electron chi connectivity index (χ1n) is 11.8. The molecular weight excluding hydrogens is 442 g/mol. The normalized spacial score (nSPS) is 14.9. The van der Waals surface area contributed by atoms with Crippen molar-refractivity contribution in [3.8, 4) is 11.5 Å². The minimum atomic E-state index is -0.668. The van der Waals surface area contributed by atoms with Crippen molar-refractivity contribution in [2.45, 2.75) is 32.7 Å². The highest BCUT2D eigenvalue weighted by Gasteiger charge is 2.44. The first kappa shape index (κ1) is 22.7. The lowest BCUT2D eigenvalue weighted by atomic mass is 9.97. The van der Waals surface area contributed by atoms with Gasteiger partial charge in [-0.25, -0.2) is 0 Å². The summed E-state index contributed by atoms with van der Waals surface area (Å²) in [5.74, 6) is 0.902. The predicted octanol–water partition coefficient (Wildman–Crippen LogP) is 6.04. The van der Waals surface area contributed by atoms with E-state index in [1.165, 1.54) is 0 Å². The molecule has 1 atom stereocenters. The van der Waals surface area contributed by atoms with Crippen LogP contribution in [0.3, 0.4) is 0 Å². The van der Waals surface area contributed by atoms with E-state index >= 15 is 0 Å². The molecule has 1 unspecified atom stereocenters. The van der Waals surface area contributed by atoms with Gasteiger partial charge in [0.1, 0.15) is 5.58 Å². The number of aryl methyl sites for hydroxylation is 1. The van der Waals surface area contributed by atoms with Gasteiger partial charge >= 0.3 is 0 Å². The van der Waals surface area contributed by atoms with Gasteiger partial charge in [-0.2, -0.15) is 0 Å². The van der Waals surface area contributed by atoms with Crippen LogP contribution in [-0.4, -0.2) is 19.6 Å². The van der Waals surface area contributed by atoms with Gasteiger partial charge in [-0.05, 0) is 60.9 Å². The van der Waals surface area contributed by atoms with Crippen LogP contribution >= 0.6 is 0 Å². The molecule has 35 heavy (non-hydrogen) atoms. The maximum Gasteiger partial charge on any atom is 0.295 e. The first-order valence-corrected chi connectivity index (χ1v) is 11.8. The van der Waals surface area contributed by atoms with E-state index in [4.69, 9.17) is 13.9 Å². The summed E-state index contributed by atoms with van der Waals surface area (Å²) >= 11 is 0. The minimum Gasteiger partial charge on any atom is -0.493 e. The molecule has 1 aliphatic rings. The Morgan fingerprint density at radius 2 is 1.80 bits per heavy atom. The fourth-order valence-electron chi connectivity index (χ4n) is 4.58. The summed E-state index contributed by atoms with van der Waals surface area (Å²) in [6.07, 6.45) is 1.96. The molecule has 1 aromatic heterocycles. The second-order valence-corrected chi connectivity index (χ2v) is 8.70. The molecule has 2 heterocycles. The number of anilines is 1. The first-order chi connectivity index (χ1) is 17.0. The number of ether oxygens (including phenoxy) is 2. The van der Waals surface area contributed by atoms with Crippen LogP contribution < -0.4 is 19.8 Å². The maximum atomic E-state index is 13.7. The summed E-state index contributed by atoms with van der Waals surface area (Å²) in [5, 5.41) is 0.446. The zero-order valence-corrected chi connectivity index (χ0v) is 20.0. The average Bonchev–Trinajstić information content (AvgIpc) is 3.17. The number of amides is 1. The van der Waals surface area contributed by atoms with Crippen LogP contribution in [0.25, 0.3) is 11.0 Å². The molecule has 4 aromatic rings. The van der Waals surface area contributed by atoms with E-state index in [9.17, 15) is 9.59 Å². The molecule has 0 N–H and O–H groups in total. The summed E-state index contributed by atoms with van der Waals surface area (Å²) in [6, 6.07) is 19.6. The van der Waals surface area contributed by atoms with E-state index in [0.717, 1.165) is 24.0 Å². The third-order valence-corrected chi connectivity index (χ3v) is 6.32. The molecule has 1 amide bonds. The van der Waals surface area contributed by atoms with Gasteiger partial charge in [0.15, 0.2) is 16.9 Å². The number of fused-ring (bicyclic) bond motifs is 2. The van der Waals surface area contributed by atoms with E-state index in [2.05, 4.69) is 6.92 Å². The molecule has 0 aliphatic carbocycles. The van der Waals surface area contributed by atoms with E-state index in [0.29, 0.717) is 40.3 Å². The smallest absolute Gasteiger partial charge is 0.295 e. The summed E-state index contributed by atoms with van der Waals surface area (Å²) in [4.78, 5) is 29.0. The number of carbonyl (C=O) groups is 1. The fourth-order valence-corrected chi connectivity index (χ4v) is 4.58. The number of methoxy groups -OCH3 is 1. The Morgan fingerprint density at radius 1 is 0.971 bits per heavy atom. The quantitative estimate of drug-likeness (QED) is 0.309. The molecule has 0 saturated carbocycles. The van der Waals surface area contributed by atoms with Crippen molar-refractivity contribution in [2.24, 2.45) is 0 Å². The van der Waals surface area contributed by atoms with Crippen LogP contribution in [-0.2, 0) is 0 Å². The molecular formula is C29H27NO5. The zero-order chi connectivity index (χ0) is 24.5. The van der Waals surface area contributed by atoms with Crippen molar-refractivity contribution in [3.63, 3.8) is 0 Å². The Hall–Kier alpha value is -4.06. The largest absolute Gasteiger partial charge is 0.493 e. The van der Waals surface area contributed by atoms with Crippen molar-refractivity contribution in [2.75, 3.05) is 18.6 Å². The number of para-hydroxylation sites is 1. The van der Waals surface area contributed by atoms with Crippen molar-refractivity contribution >= 4 is 22.6 Å². The topological polar surface area (TPSA) is 69.0 Å². The highest BCUT2D eigenvalue weighted by atomic mass is 16.5. The van der Waals surface area contributed by atoms with E-state index < -0.39 is 6.04 Å². The van der Waals surface area contributed by atoms with Crippen molar-refractivity contribution in [1.29, 1.82) is 0 Å². The lowest BCUT2D eigenvalue weighted by molar-refractivity contribution is 0.0971. The van der Waals surface area contributed by atoms with Gasteiger partial charge in [-0.1, -0.05) is 43.7 Å². The molecule has 6 heteroatoms. The molecule has 0 fully saturated rings. The molecule has 1 aliphatic heterocycles. The van der Waals surface area contributed by atoms with Crippen LogP contribution in [0.4, 0.5) is 5.69 Å². The van der Waals surface area contributed by atoms with Crippen molar-refractivity contribution in [1.82, 2.24) is 0 Å². The van der Waals surface area contributed by atoms with Gasteiger partial charge in [-0.3, -0.25) is 14.5 Å². The monoisotopic (exact) mass is 469 g/mol. The predicted molar refractivity (Wildman–Crippen MR) is 136 cm³/mol. The Labute approximate surface area is 203 Å². The molecule has 3 aromatic carbocycles. The number of carbonyl (C=O) groups excluding carboxylic acids is 1. The number of benzene rings is 3. The molecule has 0 saturated heterocycles. The lowest BCUT2D eigenvalue weighted by Crippen LogP contribution is -2.29. The summed E-state index contributed by atoms with van der Waals surface area (Å²) < 4.78 is 17.6. The van der Waals surface area contributed by atoms with Crippen LogP contribution in [0.1, 0.15) is 53.1 Å². The van der Waals surface area contributed by atoms with Crippen LogP contribution in [0.5, 0.6) is 11.5 Å². The average molecular weight is 470 g/mol. The summed E-state index contributed by atoms with van der Waals surface area (Å²) in [5.41, 5.74) is 2.95. The SMILES string of the molecule is CCCCOc1ccc(C2c3c(oc4ccccc4c3=O)C(=O)N2c2cccc(C)c2)cc1OC. The molecule has 0 bridgehead atoms. The number of hydrogen-bond acceptors (Lipinski definition) is 5. The van der Waals surface area contributed by atoms with Gasteiger partial charge in [0.25, 0.3) is 5.91 Å². The van der Waals surface area contributed by atoms with E-state index in [1.54, 1.807) is 36.3 Å². The number of nitrogens with zero attached hydrogens (tertiary/aromatic N) is 1. The Morgan fingerprint density at radius 3 is 2.57 bits per heavy atom. The maximum absolute atomic E-state index is 13.7. The van der Waals surface area contributed by atoms with Crippen LogP contribution in [0.15, 0.2) is 75.9 Å². The van der Waals surface area contributed by atoms with Crippen LogP contribution in [0.2, 0.25) is 0 Å². The van der Waals surface area contributed by atoms with Gasteiger partial charge in [0, 0.05) is 5.69 Å². The molecule has 178 valence electrons. The number of hydrogen-bond donors (Lipinski definition) is 0. The zero-order valence-electron chi connectivity index (χ0n) is 20.0. The number of rotatable bonds is 7. The van der Waals surface area contributed by atoms with Gasteiger partial charge in [0.2, 0.25) is 5.76 Å². The molecule has 5 rings (SSSR count). The third kappa shape index (κ3) is 3.95. The summed E-state index contributed by atoms with van der Waals surface area (Å²) in [6.45, 7) is 4.66. The minimum absolute atomic E-state index is 0.0717. The van der Waals surface area contributed by atoms with Gasteiger partial charge in [0.05, 0.1) is 30.7 Å². The van der Waals surface area contributed by atoms with Crippen LogP contribution in [0, 0.1) is 6.92 Å². The van der Waals surface area contributed by atoms with Crippen molar-refractivity contribution < 1.29 is 18.7 Å².